The first-order chi connectivity index (χ1) is 7.37. The standard InChI is InChI=1S/C9H17F3N2O2/c1-3-14(2)8(15)6-13-4-5-16-7-9(10,11)12/h13H,3-7H2,1-2H3. The zero-order valence-corrected chi connectivity index (χ0v) is 9.43. The minimum Gasteiger partial charge on any atom is -0.371 e. The van der Waals surface area contributed by atoms with E-state index in [1.165, 1.54) is 4.90 Å². The number of likely N-dealkylation sites (N-methyl/N-ethyl adjacent to an activating group) is 1. The topological polar surface area (TPSA) is 41.6 Å². The Morgan fingerprint density at radius 3 is 2.56 bits per heavy atom. The van der Waals surface area contributed by atoms with Crippen molar-refractivity contribution >= 4 is 5.91 Å². The van der Waals surface area contributed by atoms with Crippen molar-refractivity contribution in [3.05, 3.63) is 0 Å². The van der Waals surface area contributed by atoms with Crippen LogP contribution in [0.3, 0.4) is 0 Å². The Balaban J connectivity index is 3.37. The lowest BCUT2D eigenvalue weighted by Gasteiger charge is -2.14. The van der Waals surface area contributed by atoms with E-state index in [-0.39, 0.29) is 25.6 Å². The minimum atomic E-state index is -4.29. The maximum absolute atomic E-state index is 11.6. The summed E-state index contributed by atoms with van der Waals surface area (Å²) in [7, 11) is 1.66. The summed E-state index contributed by atoms with van der Waals surface area (Å²) in [4.78, 5) is 12.7. The number of rotatable bonds is 7. The number of carbonyl (C=O) groups excluding carboxylic acids is 1. The predicted molar refractivity (Wildman–Crippen MR) is 53.1 cm³/mol. The number of hydrogen-bond acceptors (Lipinski definition) is 3. The van der Waals surface area contributed by atoms with E-state index in [1.54, 1.807) is 7.05 Å². The third-order valence-electron chi connectivity index (χ3n) is 1.87. The fourth-order valence-electron chi connectivity index (χ4n) is 0.839. The van der Waals surface area contributed by atoms with Crippen LogP contribution in [0.15, 0.2) is 0 Å². The molecule has 0 saturated carbocycles. The molecule has 0 aromatic carbocycles. The Morgan fingerprint density at radius 1 is 1.44 bits per heavy atom. The van der Waals surface area contributed by atoms with E-state index in [4.69, 9.17) is 0 Å². The number of hydrogen-bond donors (Lipinski definition) is 1. The minimum absolute atomic E-state index is 0.0668. The molecule has 0 fully saturated rings. The summed E-state index contributed by atoms with van der Waals surface area (Å²) < 4.78 is 39.3. The van der Waals surface area contributed by atoms with Crippen LogP contribution >= 0.6 is 0 Å². The van der Waals surface area contributed by atoms with Crippen LogP contribution in [0.5, 0.6) is 0 Å². The molecule has 0 aromatic rings. The summed E-state index contributed by atoms with van der Waals surface area (Å²) in [5.41, 5.74) is 0. The van der Waals surface area contributed by atoms with Gasteiger partial charge in [0.25, 0.3) is 0 Å². The van der Waals surface area contributed by atoms with Crippen LogP contribution in [0.1, 0.15) is 6.92 Å². The van der Waals surface area contributed by atoms with Crippen molar-refractivity contribution in [1.82, 2.24) is 10.2 Å². The number of nitrogens with zero attached hydrogens (tertiary/aromatic N) is 1. The van der Waals surface area contributed by atoms with Gasteiger partial charge < -0.3 is 15.0 Å². The maximum atomic E-state index is 11.6. The highest BCUT2D eigenvalue weighted by Gasteiger charge is 2.27. The maximum Gasteiger partial charge on any atom is 0.411 e. The van der Waals surface area contributed by atoms with Crippen LogP contribution < -0.4 is 5.32 Å². The summed E-state index contributed by atoms with van der Waals surface area (Å²) in [5, 5.41) is 2.70. The van der Waals surface area contributed by atoms with Crippen molar-refractivity contribution in [3.63, 3.8) is 0 Å². The Bertz CT molecular complexity index is 209. The first-order valence-electron chi connectivity index (χ1n) is 4.96. The van der Waals surface area contributed by atoms with Crippen molar-refractivity contribution in [1.29, 1.82) is 0 Å². The van der Waals surface area contributed by atoms with Gasteiger partial charge in [0.15, 0.2) is 0 Å². The van der Waals surface area contributed by atoms with E-state index in [2.05, 4.69) is 10.1 Å². The molecule has 0 rings (SSSR count). The van der Waals surface area contributed by atoms with E-state index in [0.717, 1.165) is 0 Å². The highest BCUT2D eigenvalue weighted by Crippen LogP contribution is 2.13. The molecule has 0 spiro atoms. The van der Waals surface area contributed by atoms with E-state index in [9.17, 15) is 18.0 Å². The quantitative estimate of drug-likeness (QED) is 0.666. The van der Waals surface area contributed by atoms with E-state index in [0.29, 0.717) is 6.54 Å². The molecule has 0 aliphatic rings. The number of amides is 1. The second-order valence-electron chi connectivity index (χ2n) is 3.25. The Labute approximate surface area is 92.7 Å². The van der Waals surface area contributed by atoms with Crippen molar-refractivity contribution in [2.45, 2.75) is 13.1 Å². The van der Waals surface area contributed by atoms with Gasteiger partial charge in [-0.15, -0.1) is 0 Å². The molecule has 0 unspecified atom stereocenters. The van der Waals surface area contributed by atoms with Crippen LogP contribution in [0.25, 0.3) is 0 Å². The van der Waals surface area contributed by atoms with Crippen molar-refractivity contribution in [2.75, 3.05) is 39.9 Å². The van der Waals surface area contributed by atoms with Gasteiger partial charge in [0.2, 0.25) is 5.91 Å². The fraction of sp³-hybridized carbons (Fsp3) is 0.889. The number of carbonyl (C=O) groups is 1. The molecule has 1 amide bonds. The second kappa shape index (κ2) is 7.45. The van der Waals surface area contributed by atoms with Crippen molar-refractivity contribution in [2.24, 2.45) is 0 Å². The molecule has 0 saturated heterocycles. The molecule has 0 bridgehead atoms. The van der Waals surface area contributed by atoms with Gasteiger partial charge in [-0.25, -0.2) is 0 Å². The summed E-state index contributed by atoms with van der Waals surface area (Å²) in [6.45, 7) is 1.45. The van der Waals surface area contributed by atoms with E-state index in [1.807, 2.05) is 6.92 Å². The van der Waals surface area contributed by atoms with Crippen LogP contribution in [-0.2, 0) is 9.53 Å². The molecule has 0 aliphatic carbocycles. The molecule has 7 heteroatoms. The molecule has 16 heavy (non-hydrogen) atoms. The monoisotopic (exact) mass is 242 g/mol. The number of halogens is 3. The molecule has 0 aliphatic heterocycles. The summed E-state index contributed by atoms with van der Waals surface area (Å²) in [6, 6.07) is 0. The predicted octanol–water partition coefficient (Wildman–Crippen LogP) is 0.633. The van der Waals surface area contributed by atoms with Gasteiger partial charge in [-0.2, -0.15) is 13.2 Å². The molecule has 0 heterocycles. The van der Waals surface area contributed by atoms with Crippen LogP contribution in [-0.4, -0.2) is 56.9 Å². The van der Waals surface area contributed by atoms with Crippen molar-refractivity contribution < 1.29 is 22.7 Å². The van der Waals surface area contributed by atoms with Gasteiger partial charge in [-0.05, 0) is 6.92 Å². The molecule has 4 nitrogen and oxygen atoms in total. The summed E-state index contributed by atoms with van der Waals surface area (Å²) in [5.74, 6) is -0.0988. The van der Waals surface area contributed by atoms with Crippen LogP contribution in [0, 0.1) is 0 Å². The number of ether oxygens (including phenoxy) is 1. The SMILES string of the molecule is CCN(C)C(=O)CNCCOCC(F)(F)F. The average molecular weight is 242 g/mol. The lowest BCUT2D eigenvalue weighted by molar-refractivity contribution is -0.173. The van der Waals surface area contributed by atoms with Gasteiger partial charge in [0.1, 0.15) is 6.61 Å². The van der Waals surface area contributed by atoms with Gasteiger partial charge in [-0.1, -0.05) is 0 Å². The van der Waals surface area contributed by atoms with Crippen LogP contribution in [0.4, 0.5) is 13.2 Å². The number of nitrogens with one attached hydrogen (secondary N) is 1. The molecular formula is C9H17F3N2O2. The lowest BCUT2D eigenvalue weighted by atomic mass is 10.5. The fourth-order valence-corrected chi connectivity index (χ4v) is 0.839. The highest BCUT2D eigenvalue weighted by atomic mass is 19.4. The number of alkyl halides is 3. The normalized spacial score (nSPS) is 11.6. The molecule has 0 atom stereocenters. The van der Waals surface area contributed by atoms with Crippen molar-refractivity contribution in [3.8, 4) is 0 Å². The van der Waals surface area contributed by atoms with Gasteiger partial charge in [0.05, 0.1) is 13.2 Å². The zero-order chi connectivity index (χ0) is 12.6. The molecular weight excluding hydrogens is 225 g/mol. The largest absolute Gasteiger partial charge is 0.411 e. The molecule has 0 radical (unpaired) electrons. The van der Waals surface area contributed by atoms with Crippen LogP contribution in [0.2, 0.25) is 0 Å². The van der Waals surface area contributed by atoms with Gasteiger partial charge in [0, 0.05) is 20.1 Å². The third kappa shape index (κ3) is 8.49. The Morgan fingerprint density at radius 2 is 2.06 bits per heavy atom. The highest BCUT2D eigenvalue weighted by molar-refractivity contribution is 5.77. The van der Waals surface area contributed by atoms with Gasteiger partial charge in [-0.3, -0.25) is 4.79 Å². The molecule has 0 aromatic heterocycles. The van der Waals surface area contributed by atoms with E-state index < -0.39 is 12.8 Å². The molecule has 96 valence electrons. The molecule has 1 N–H and O–H groups in total. The third-order valence-corrected chi connectivity index (χ3v) is 1.87. The Hall–Kier alpha value is -0.820. The zero-order valence-electron chi connectivity index (χ0n) is 9.43. The van der Waals surface area contributed by atoms with Gasteiger partial charge >= 0.3 is 6.18 Å². The second-order valence-corrected chi connectivity index (χ2v) is 3.25. The first-order valence-corrected chi connectivity index (χ1v) is 4.96. The average Bonchev–Trinajstić information content (AvgIpc) is 2.20. The summed E-state index contributed by atoms with van der Waals surface area (Å²) in [6.07, 6.45) is -4.29. The Kier molecular flexibility index (Phi) is 7.07. The van der Waals surface area contributed by atoms with E-state index >= 15 is 0 Å². The summed E-state index contributed by atoms with van der Waals surface area (Å²) >= 11 is 0. The smallest absolute Gasteiger partial charge is 0.371 e. The lowest BCUT2D eigenvalue weighted by Crippen LogP contribution is -2.36. The first kappa shape index (κ1) is 15.2.